The molecule has 0 fully saturated rings. The van der Waals surface area contributed by atoms with Crippen molar-refractivity contribution in [2.45, 2.75) is 13.0 Å². The lowest BCUT2D eigenvalue weighted by molar-refractivity contribution is -0.137. The topological polar surface area (TPSA) is 91.7 Å². The van der Waals surface area contributed by atoms with Gasteiger partial charge in [-0.3, -0.25) is 14.8 Å². The number of benzene rings is 2. The lowest BCUT2D eigenvalue weighted by Crippen LogP contribution is -2.19. The molecule has 0 aliphatic carbocycles. The third-order valence-corrected chi connectivity index (χ3v) is 4.06. The molecule has 1 heterocycles. The number of hydrogen-bond donors (Lipinski definition) is 2. The molecular formula is C22H19N3O3. The number of carbonyl (C=O) groups is 2. The minimum absolute atomic E-state index is 0.286. The van der Waals surface area contributed by atoms with Gasteiger partial charge in [-0.2, -0.15) is 0 Å². The Balaban J connectivity index is 2.04. The van der Waals surface area contributed by atoms with Crippen LogP contribution >= 0.6 is 0 Å². The van der Waals surface area contributed by atoms with Gasteiger partial charge in [0, 0.05) is 17.3 Å². The van der Waals surface area contributed by atoms with Crippen LogP contribution in [0.1, 0.15) is 28.5 Å². The Kier molecular flexibility index (Phi) is 5.91. The number of rotatable bonds is 6. The van der Waals surface area contributed by atoms with E-state index < -0.39 is 12.0 Å². The van der Waals surface area contributed by atoms with E-state index in [2.05, 4.69) is 15.3 Å². The number of carboxylic acid groups (broad SMARTS) is 1. The Morgan fingerprint density at radius 2 is 1.64 bits per heavy atom. The van der Waals surface area contributed by atoms with Crippen molar-refractivity contribution in [1.82, 2.24) is 4.98 Å². The maximum Gasteiger partial charge on any atom is 0.328 e. The van der Waals surface area contributed by atoms with E-state index in [4.69, 9.17) is 0 Å². The first kappa shape index (κ1) is 19.0. The highest BCUT2D eigenvalue weighted by molar-refractivity contribution is 6.18. The summed E-state index contributed by atoms with van der Waals surface area (Å²) in [6.07, 6.45) is 1.55. The van der Waals surface area contributed by atoms with Crippen molar-refractivity contribution in [2.24, 2.45) is 4.99 Å². The highest BCUT2D eigenvalue weighted by Gasteiger charge is 2.17. The Hall–Kier alpha value is -3.80. The molecule has 1 aromatic heterocycles. The number of amides is 1. The first-order valence-corrected chi connectivity index (χ1v) is 8.74. The number of aliphatic imine (C=N–C) groups is 1. The van der Waals surface area contributed by atoms with Crippen LogP contribution in [0, 0.1) is 0 Å². The number of pyridine rings is 1. The van der Waals surface area contributed by atoms with Gasteiger partial charge in [0.2, 0.25) is 0 Å². The van der Waals surface area contributed by atoms with Crippen molar-refractivity contribution in [3.63, 3.8) is 0 Å². The van der Waals surface area contributed by atoms with Gasteiger partial charge in [0.15, 0.2) is 0 Å². The second-order valence-corrected chi connectivity index (χ2v) is 6.07. The second kappa shape index (κ2) is 8.73. The summed E-state index contributed by atoms with van der Waals surface area (Å²) in [4.78, 5) is 32.4. The van der Waals surface area contributed by atoms with Gasteiger partial charge in [0.05, 0.1) is 11.4 Å². The summed E-state index contributed by atoms with van der Waals surface area (Å²) in [5, 5.41) is 12.2. The SMILES string of the molecule is CC(N=C(c1ccccc1)c1ccccc1NC(=O)c1ccccn1)C(=O)O. The highest BCUT2D eigenvalue weighted by atomic mass is 16.4. The van der Waals surface area contributed by atoms with E-state index in [0.29, 0.717) is 17.0 Å². The Morgan fingerprint density at radius 3 is 2.32 bits per heavy atom. The summed E-state index contributed by atoms with van der Waals surface area (Å²) < 4.78 is 0. The average molecular weight is 373 g/mol. The highest BCUT2D eigenvalue weighted by Crippen LogP contribution is 2.21. The number of carboxylic acids is 1. The molecule has 3 rings (SSSR count). The van der Waals surface area contributed by atoms with Crippen LogP contribution in [0.2, 0.25) is 0 Å². The van der Waals surface area contributed by atoms with E-state index in [1.807, 2.05) is 36.4 Å². The number of para-hydroxylation sites is 1. The molecule has 1 atom stereocenters. The predicted octanol–water partition coefficient (Wildman–Crippen LogP) is 3.64. The zero-order valence-corrected chi connectivity index (χ0v) is 15.2. The molecule has 1 amide bonds. The Morgan fingerprint density at radius 1 is 0.964 bits per heavy atom. The molecule has 140 valence electrons. The normalized spacial score (nSPS) is 12.2. The molecule has 6 nitrogen and oxygen atoms in total. The molecule has 0 aliphatic rings. The van der Waals surface area contributed by atoms with Crippen molar-refractivity contribution < 1.29 is 14.7 Å². The number of anilines is 1. The van der Waals surface area contributed by atoms with Crippen molar-refractivity contribution in [3.8, 4) is 0 Å². The first-order valence-electron chi connectivity index (χ1n) is 8.74. The van der Waals surface area contributed by atoms with Gasteiger partial charge in [0.1, 0.15) is 11.7 Å². The van der Waals surface area contributed by atoms with Gasteiger partial charge in [-0.25, -0.2) is 4.79 Å². The van der Waals surface area contributed by atoms with E-state index in [-0.39, 0.29) is 11.6 Å². The molecule has 0 radical (unpaired) electrons. The molecule has 28 heavy (non-hydrogen) atoms. The van der Waals surface area contributed by atoms with E-state index in [1.165, 1.54) is 6.92 Å². The summed E-state index contributed by atoms with van der Waals surface area (Å²) >= 11 is 0. The molecule has 2 N–H and O–H groups in total. The van der Waals surface area contributed by atoms with Crippen molar-refractivity contribution >= 4 is 23.3 Å². The van der Waals surface area contributed by atoms with Gasteiger partial charge < -0.3 is 10.4 Å². The number of nitrogens with zero attached hydrogens (tertiary/aromatic N) is 2. The van der Waals surface area contributed by atoms with E-state index in [1.54, 1.807) is 42.6 Å². The number of aromatic nitrogens is 1. The maximum absolute atomic E-state index is 12.5. The molecule has 0 aliphatic heterocycles. The number of aliphatic carboxylic acids is 1. The van der Waals surface area contributed by atoms with Gasteiger partial charge in [0.25, 0.3) is 5.91 Å². The Bertz CT molecular complexity index is 1000. The average Bonchev–Trinajstić information content (AvgIpc) is 2.73. The van der Waals surface area contributed by atoms with Crippen LogP contribution in [-0.4, -0.2) is 33.7 Å². The second-order valence-electron chi connectivity index (χ2n) is 6.07. The fourth-order valence-electron chi connectivity index (χ4n) is 2.63. The van der Waals surface area contributed by atoms with Crippen LogP contribution in [0.3, 0.4) is 0 Å². The lowest BCUT2D eigenvalue weighted by atomic mass is 10.00. The molecule has 0 bridgehead atoms. The zero-order valence-electron chi connectivity index (χ0n) is 15.2. The summed E-state index contributed by atoms with van der Waals surface area (Å²) in [6.45, 7) is 1.51. The van der Waals surface area contributed by atoms with Gasteiger partial charge in [-0.1, -0.05) is 54.6 Å². The lowest BCUT2D eigenvalue weighted by Gasteiger charge is -2.15. The van der Waals surface area contributed by atoms with Crippen LogP contribution in [0.5, 0.6) is 0 Å². The zero-order chi connectivity index (χ0) is 19.9. The molecule has 0 spiro atoms. The van der Waals surface area contributed by atoms with Gasteiger partial charge in [-0.05, 0) is 25.1 Å². The first-order chi connectivity index (χ1) is 13.6. The minimum Gasteiger partial charge on any atom is -0.480 e. The molecule has 6 heteroatoms. The summed E-state index contributed by atoms with van der Waals surface area (Å²) in [6, 6.07) is 20.6. The van der Waals surface area contributed by atoms with Crippen molar-refractivity contribution in [2.75, 3.05) is 5.32 Å². The molecular weight excluding hydrogens is 354 g/mol. The van der Waals surface area contributed by atoms with Crippen LogP contribution in [0.25, 0.3) is 0 Å². The van der Waals surface area contributed by atoms with E-state index in [0.717, 1.165) is 5.56 Å². The molecule has 1 unspecified atom stereocenters. The fourth-order valence-corrected chi connectivity index (χ4v) is 2.63. The standard InChI is InChI=1S/C22H19N3O3/c1-15(22(27)28)24-20(16-9-3-2-4-10-16)17-11-5-6-12-18(17)25-21(26)19-13-7-8-14-23-19/h2-15H,1H3,(H,25,26)(H,27,28). The summed E-state index contributed by atoms with van der Waals surface area (Å²) in [7, 11) is 0. The third kappa shape index (κ3) is 4.48. The minimum atomic E-state index is -1.02. The molecule has 3 aromatic rings. The monoisotopic (exact) mass is 373 g/mol. The van der Waals surface area contributed by atoms with Crippen LogP contribution in [0.4, 0.5) is 5.69 Å². The Labute approximate surface area is 162 Å². The van der Waals surface area contributed by atoms with Crippen LogP contribution < -0.4 is 5.32 Å². The van der Waals surface area contributed by atoms with Gasteiger partial charge >= 0.3 is 5.97 Å². The number of hydrogen-bond acceptors (Lipinski definition) is 4. The van der Waals surface area contributed by atoms with Crippen LogP contribution in [0.15, 0.2) is 84.0 Å². The van der Waals surface area contributed by atoms with Gasteiger partial charge in [-0.15, -0.1) is 0 Å². The predicted molar refractivity (Wildman–Crippen MR) is 108 cm³/mol. The van der Waals surface area contributed by atoms with Crippen molar-refractivity contribution in [3.05, 3.63) is 95.8 Å². The molecule has 2 aromatic carbocycles. The fraction of sp³-hybridized carbons (Fsp3) is 0.0909. The largest absolute Gasteiger partial charge is 0.480 e. The molecule has 0 saturated heterocycles. The van der Waals surface area contributed by atoms with Crippen LogP contribution in [-0.2, 0) is 4.79 Å². The quantitative estimate of drug-likeness (QED) is 0.645. The maximum atomic E-state index is 12.5. The van der Waals surface area contributed by atoms with E-state index in [9.17, 15) is 14.7 Å². The smallest absolute Gasteiger partial charge is 0.328 e. The summed E-state index contributed by atoms with van der Waals surface area (Å²) in [5.74, 6) is -1.38. The number of nitrogens with one attached hydrogen (secondary N) is 1. The van der Waals surface area contributed by atoms with E-state index >= 15 is 0 Å². The third-order valence-electron chi connectivity index (χ3n) is 4.06. The molecule has 0 saturated carbocycles. The number of carbonyl (C=O) groups excluding carboxylic acids is 1. The van der Waals surface area contributed by atoms with Crippen molar-refractivity contribution in [1.29, 1.82) is 0 Å². The summed E-state index contributed by atoms with van der Waals surface area (Å²) in [5.41, 5.74) is 2.70.